The van der Waals surface area contributed by atoms with Crippen LogP contribution in [0.1, 0.15) is 29.8 Å². The number of nitrogens with zero attached hydrogens (tertiary/aromatic N) is 1. The lowest BCUT2D eigenvalue weighted by atomic mass is 10.0. The Labute approximate surface area is 170 Å². The Morgan fingerprint density at radius 2 is 1.59 bits per heavy atom. The summed E-state index contributed by atoms with van der Waals surface area (Å²) in [5.41, 5.74) is 1.13. The van der Waals surface area contributed by atoms with Crippen LogP contribution in [0, 0.1) is 11.7 Å². The Hall–Kier alpha value is -3.09. The maximum Gasteiger partial charge on any atom is 0.252 e. The lowest BCUT2D eigenvalue weighted by Crippen LogP contribution is -2.50. The molecule has 0 fully saturated rings. The molecule has 2 amide bonds. The second-order valence-corrected chi connectivity index (χ2v) is 7.12. The molecule has 0 radical (unpaired) electrons. The second-order valence-electron chi connectivity index (χ2n) is 7.12. The molecule has 2 aromatic rings. The summed E-state index contributed by atoms with van der Waals surface area (Å²) in [5.74, 6) is -0.124. The van der Waals surface area contributed by atoms with E-state index in [2.05, 4.69) is 5.32 Å². The van der Waals surface area contributed by atoms with E-state index in [1.54, 1.807) is 37.4 Å². The van der Waals surface area contributed by atoms with Gasteiger partial charge in [0.1, 0.15) is 23.4 Å². The molecule has 0 saturated carbocycles. The van der Waals surface area contributed by atoms with Gasteiger partial charge in [-0.25, -0.2) is 4.39 Å². The van der Waals surface area contributed by atoms with Crippen molar-refractivity contribution in [3.8, 4) is 11.5 Å². The molecule has 0 aliphatic carbocycles. The van der Waals surface area contributed by atoms with Gasteiger partial charge in [0.2, 0.25) is 5.91 Å². The second kappa shape index (κ2) is 9.91. The molecule has 2 aromatic carbocycles. The molecule has 6 nitrogen and oxygen atoms in total. The van der Waals surface area contributed by atoms with Crippen LogP contribution < -0.4 is 14.8 Å². The number of amides is 2. The summed E-state index contributed by atoms with van der Waals surface area (Å²) in [5, 5.41) is 2.81. The van der Waals surface area contributed by atoms with E-state index in [4.69, 9.17) is 9.47 Å². The maximum absolute atomic E-state index is 13.1. The molecule has 0 saturated heterocycles. The van der Waals surface area contributed by atoms with Gasteiger partial charge >= 0.3 is 0 Å². The maximum atomic E-state index is 13.1. The minimum Gasteiger partial charge on any atom is -0.497 e. The summed E-state index contributed by atoms with van der Waals surface area (Å²) in [6, 6.07) is 10.1. The van der Waals surface area contributed by atoms with Crippen molar-refractivity contribution >= 4 is 11.8 Å². The zero-order valence-corrected chi connectivity index (χ0v) is 17.4. The zero-order chi connectivity index (χ0) is 21.6. The number of halogens is 1. The number of ether oxygens (including phenoxy) is 2. The molecule has 0 aliphatic rings. The number of likely N-dealkylation sites (N-methyl/N-ethyl adjacent to an activating group) is 1. The molecule has 0 heterocycles. The lowest BCUT2D eigenvalue weighted by Gasteiger charge is -2.27. The van der Waals surface area contributed by atoms with E-state index < -0.39 is 11.9 Å². The molecule has 0 aromatic heterocycles. The van der Waals surface area contributed by atoms with Gasteiger partial charge < -0.3 is 19.7 Å². The molecule has 0 aliphatic heterocycles. The average molecular weight is 402 g/mol. The minimum absolute atomic E-state index is 0.130. The Morgan fingerprint density at radius 3 is 2.07 bits per heavy atom. The fraction of sp³-hybridized carbons (Fsp3) is 0.364. The van der Waals surface area contributed by atoms with E-state index >= 15 is 0 Å². The summed E-state index contributed by atoms with van der Waals surface area (Å²) in [6.07, 6.45) is 0. The van der Waals surface area contributed by atoms with Crippen LogP contribution in [0.5, 0.6) is 11.5 Å². The number of hydrogen-bond acceptors (Lipinski definition) is 4. The highest BCUT2D eigenvalue weighted by atomic mass is 19.1. The molecule has 1 atom stereocenters. The standard InChI is InChI=1S/C22H27FN2O4/c1-14(2)20(22(27)25(3)13-15-6-8-17(23)9-7-15)24-21(26)16-10-18(28-4)12-19(11-16)29-5/h6-12,14,20H,13H2,1-5H3,(H,24,26). The van der Waals surface area contributed by atoms with Crippen LogP contribution in [-0.2, 0) is 11.3 Å². The van der Waals surface area contributed by atoms with Gasteiger partial charge in [0.05, 0.1) is 14.2 Å². The SMILES string of the molecule is COc1cc(OC)cc(C(=O)NC(C(=O)N(C)Cc2ccc(F)cc2)C(C)C)c1. The summed E-state index contributed by atoms with van der Waals surface area (Å²) in [7, 11) is 4.66. The number of rotatable bonds is 8. The van der Waals surface area contributed by atoms with Crippen molar-refractivity contribution in [2.75, 3.05) is 21.3 Å². The molecule has 29 heavy (non-hydrogen) atoms. The third-order valence-corrected chi connectivity index (χ3v) is 4.54. The Morgan fingerprint density at radius 1 is 1.03 bits per heavy atom. The molecule has 0 bridgehead atoms. The highest BCUT2D eigenvalue weighted by Gasteiger charge is 2.27. The molecule has 156 valence electrons. The predicted molar refractivity (Wildman–Crippen MR) is 109 cm³/mol. The summed E-state index contributed by atoms with van der Waals surface area (Å²) in [6.45, 7) is 4.03. The van der Waals surface area contributed by atoms with Crippen LogP contribution in [0.4, 0.5) is 4.39 Å². The number of carbonyl (C=O) groups excluding carboxylic acids is 2. The third-order valence-electron chi connectivity index (χ3n) is 4.54. The van der Waals surface area contributed by atoms with Crippen molar-refractivity contribution in [3.05, 3.63) is 59.4 Å². The third kappa shape index (κ3) is 5.94. The lowest BCUT2D eigenvalue weighted by molar-refractivity contribution is -0.133. The van der Waals surface area contributed by atoms with Gasteiger partial charge in [-0.2, -0.15) is 0 Å². The van der Waals surface area contributed by atoms with Gasteiger partial charge in [0, 0.05) is 25.2 Å². The van der Waals surface area contributed by atoms with Crippen LogP contribution in [-0.4, -0.2) is 44.0 Å². The minimum atomic E-state index is -0.717. The molecule has 1 unspecified atom stereocenters. The Kier molecular flexibility index (Phi) is 7.59. The quantitative estimate of drug-likeness (QED) is 0.736. The van der Waals surface area contributed by atoms with E-state index in [-0.39, 0.29) is 17.6 Å². The Bertz CT molecular complexity index is 830. The monoisotopic (exact) mass is 402 g/mol. The Balaban J connectivity index is 2.15. The smallest absolute Gasteiger partial charge is 0.252 e. The van der Waals surface area contributed by atoms with Crippen LogP contribution in [0.3, 0.4) is 0 Å². The average Bonchev–Trinajstić information content (AvgIpc) is 2.72. The highest BCUT2D eigenvalue weighted by molar-refractivity contribution is 5.98. The first-order valence-electron chi connectivity index (χ1n) is 9.28. The van der Waals surface area contributed by atoms with Crippen LogP contribution in [0.15, 0.2) is 42.5 Å². The van der Waals surface area contributed by atoms with E-state index in [1.807, 2.05) is 13.8 Å². The molecule has 2 rings (SSSR count). The molecular formula is C22H27FN2O4. The zero-order valence-electron chi connectivity index (χ0n) is 17.4. The van der Waals surface area contributed by atoms with Crippen molar-refractivity contribution in [2.24, 2.45) is 5.92 Å². The number of nitrogens with one attached hydrogen (secondary N) is 1. The molecular weight excluding hydrogens is 375 g/mol. The van der Waals surface area contributed by atoms with Crippen molar-refractivity contribution in [3.63, 3.8) is 0 Å². The number of carbonyl (C=O) groups is 2. The van der Waals surface area contributed by atoms with Crippen LogP contribution in [0.25, 0.3) is 0 Å². The van der Waals surface area contributed by atoms with E-state index in [9.17, 15) is 14.0 Å². The van der Waals surface area contributed by atoms with E-state index in [0.29, 0.717) is 23.6 Å². The van der Waals surface area contributed by atoms with Crippen molar-refractivity contribution in [2.45, 2.75) is 26.4 Å². The first-order chi connectivity index (χ1) is 13.7. The van der Waals surface area contributed by atoms with Gasteiger partial charge in [0.25, 0.3) is 5.91 Å². The molecule has 1 N–H and O–H groups in total. The first kappa shape index (κ1) is 22.2. The number of benzene rings is 2. The largest absolute Gasteiger partial charge is 0.497 e. The van der Waals surface area contributed by atoms with Crippen molar-refractivity contribution in [1.82, 2.24) is 10.2 Å². The topological polar surface area (TPSA) is 67.9 Å². The number of methoxy groups -OCH3 is 2. The predicted octanol–water partition coefficient (Wildman–Crippen LogP) is 3.26. The normalized spacial score (nSPS) is 11.7. The van der Waals surface area contributed by atoms with Crippen LogP contribution >= 0.6 is 0 Å². The first-order valence-corrected chi connectivity index (χ1v) is 9.28. The molecule has 0 spiro atoms. The van der Waals surface area contributed by atoms with Gasteiger partial charge in [-0.3, -0.25) is 9.59 Å². The van der Waals surface area contributed by atoms with Crippen molar-refractivity contribution < 1.29 is 23.5 Å². The fourth-order valence-electron chi connectivity index (χ4n) is 2.86. The molecule has 7 heteroatoms. The van der Waals surface area contributed by atoms with Crippen LogP contribution in [0.2, 0.25) is 0 Å². The van der Waals surface area contributed by atoms with Gasteiger partial charge in [-0.15, -0.1) is 0 Å². The van der Waals surface area contributed by atoms with Crippen molar-refractivity contribution in [1.29, 1.82) is 0 Å². The number of hydrogen-bond donors (Lipinski definition) is 1. The highest BCUT2D eigenvalue weighted by Crippen LogP contribution is 2.23. The van der Waals surface area contributed by atoms with E-state index in [1.165, 1.54) is 31.3 Å². The van der Waals surface area contributed by atoms with Gasteiger partial charge in [0.15, 0.2) is 0 Å². The van der Waals surface area contributed by atoms with Gasteiger partial charge in [-0.05, 0) is 35.7 Å². The van der Waals surface area contributed by atoms with Gasteiger partial charge in [-0.1, -0.05) is 26.0 Å². The van der Waals surface area contributed by atoms with E-state index in [0.717, 1.165) is 5.56 Å². The summed E-state index contributed by atoms with van der Waals surface area (Å²) < 4.78 is 23.5. The fourth-order valence-corrected chi connectivity index (χ4v) is 2.86. The summed E-state index contributed by atoms with van der Waals surface area (Å²) >= 11 is 0. The summed E-state index contributed by atoms with van der Waals surface area (Å²) in [4.78, 5) is 27.3.